The summed E-state index contributed by atoms with van der Waals surface area (Å²) in [5.74, 6) is -6.38. The lowest BCUT2D eigenvalue weighted by atomic mass is 9.77. The standard InChI is InChI=1S/C32H30Cl2N4O9/c33-22-3-1-4-23(34)27(22)30(44)47-16-20(40)14-21(17-6-8-19(39)9-7-17)18-13-24(29(35)43)38-31(45)32(36,11-10-26(41)37(38)15-18)28(42)25-5-2-12-46-25/h1-9,12,18,21,24,39H,10-11,13-16,36H2,(H2,35,43)/t18-,21?,24+,32-/m1/s1. The van der Waals surface area contributed by atoms with Gasteiger partial charge in [0.1, 0.15) is 18.4 Å². The molecule has 2 aliphatic rings. The minimum absolute atomic E-state index is 0.0389. The van der Waals surface area contributed by atoms with E-state index in [1.807, 2.05) is 0 Å². The Morgan fingerprint density at radius 1 is 1.04 bits per heavy atom. The van der Waals surface area contributed by atoms with Crippen LogP contribution in [-0.4, -0.2) is 75.1 Å². The van der Waals surface area contributed by atoms with E-state index in [-0.39, 0.29) is 59.3 Å². The molecule has 47 heavy (non-hydrogen) atoms. The van der Waals surface area contributed by atoms with Crippen LogP contribution in [0, 0.1) is 5.92 Å². The van der Waals surface area contributed by atoms with Crippen LogP contribution in [0.1, 0.15) is 58.1 Å². The van der Waals surface area contributed by atoms with Crippen LogP contribution in [-0.2, 0) is 23.9 Å². The molecule has 3 aromatic rings. The summed E-state index contributed by atoms with van der Waals surface area (Å²) in [7, 11) is 0. The highest BCUT2D eigenvalue weighted by Crippen LogP contribution is 2.40. The molecule has 5 rings (SSSR count). The van der Waals surface area contributed by atoms with Gasteiger partial charge in [-0.2, -0.15) is 0 Å². The van der Waals surface area contributed by atoms with Crippen LogP contribution in [0.4, 0.5) is 0 Å². The third-order valence-electron chi connectivity index (χ3n) is 8.45. The smallest absolute Gasteiger partial charge is 0.341 e. The fourth-order valence-corrected chi connectivity index (χ4v) is 6.57. The van der Waals surface area contributed by atoms with Crippen molar-refractivity contribution in [2.24, 2.45) is 17.4 Å². The molecule has 5 N–H and O–H groups in total. The zero-order chi connectivity index (χ0) is 34.0. The first kappa shape index (κ1) is 33.6. The Kier molecular flexibility index (Phi) is 9.70. The average molecular weight is 686 g/mol. The van der Waals surface area contributed by atoms with Crippen LogP contribution in [0.2, 0.25) is 10.0 Å². The Morgan fingerprint density at radius 2 is 1.72 bits per heavy atom. The van der Waals surface area contributed by atoms with Crippen LogP contribution in [0.25, 0.3) is 0 Å². The Hall–Kier alpha value is -4.72. The first-order chi connectivity index (χ1) is 22.3. The number of hydrogen-bond donors (Lipinski definition) is 3. The second kappa shape index (κ2) is 13.6. The summed E-state index contributed by atoms with van der Waals surface area (Å²) in [5, 5.41) is 11.9. The number of phenols is 1. The van der Waals surface area contributed by atoms with Crippen molar-refractivity contribution in [1.82, 2.24) is 10.0 Å². The zero-order valence-electron chi connectivity index (χ0n) is 24.8. The van der Waals surface area contributed by atoms with Gasteiger partial charge < -0.3 is 25.7 Å². The van der Waals surface area contributed by atoms with Crippen molar-refractivity contribution in [3.05, 3.63) is 87.8 Å². The van der Waals surface area contributed by atoms with E-state index >= 15 is 0 Å². The Morgan fingerprint density at radius 3 is 2.34 bits per heavy atom. The van der Waals surface area contributed by atoms with Crippen molar-refractivity contribution >= 4 is 58.5 Å². The maximum Gasteiger partial charge on any atom is 0.341 e. The van der Waals surface area contributed by atoms with Crippen LogP contribution < -0.4 is 11.5 Å². The summed E-state index contributed by atoms with van der Waals surface area (Å²) in [6, 6.07) is 11.8. The number of primary amides is 1. The summed E-state index contributed by atoms with van der Waals surface area (Å²) in [4.78, 5) is 79.7. The highest BCUT2D eigenvalue weighted by molar-refractivity contribution is 6.39. The molecule has 2 saturated heterocycles. The number of carbonyl (C=O) groups excluding carboxylic acids is 6. The third-order valence-corrected chi connectivity index (χ3v) is 9.08. The number of esters is 1. The van der Waals surface area contributed by atoms with E-state index in [0.29, 0.717) is 5.56 Å². The summed E-state index contributed by atoms with van der Waals surface area (Å²) in [6.07, 6.45) is 0.243. The number of furan rings is 1. The molecule has 0 aliphatic carbocycles. The number of hydrazine groups is 1. The number of nitrogens with zero attached hydrogens (tertiary/aromatic N) is 2. The summed E-state index contributed by atoms with van der Waals surface area (Å²) in [5.41, 5.74) is 10.4. The van der Waals surface area contributed by atoms with Gasteiger partial charge in [0.25, 0.3) is 5.91 Å². The van der Waals surface area contributed by atoms with Crippen molar-refractivity contribution in [2.75, 3.05) is 13.2 Å². The first-order valence-electron chi connectivity index (χ1n) is 14.5. The normalized spacial score (nSPS) is 21.9. The molecule has 15 heteroatoms. The van der Waals surface area contributed by atoms with E-state index in [2.05, 4.69) is 0 Å². The van der Waals surface area contributed by atoms with Gasteiger partial charge in [0.15, 0.2) is 17.1 Å². The van der Waals surface area contributed by atoms with Crippen LogP contribution in [0.5, 0.6) is 5.75 Å². The maximum absolute atomic E-state index is 14.0. The second-order valence-corrected chi connectivity index (χ2v) is 12.2. The molecule has 2 aliphatic heterocycles. The Bertz CT molecular complexity index is 1710. The molecule has 0 radical (unpaired) electrons. The molecule has 3 heterocycles. The van der Waals surface area contributed by atoms with Crippen molar-refractivity contribution in [3.63, 3.8) is 0 Å². The molecule has 2 aromatic carbocycles. The van der Waals surface area contributed by atoms with Gasteiger partial charge in [0.05, 0.1) is 21.9 Å². The number of ketones is 2. The molecule has 4 atom stereocenters. The van der Waals surface area contributed by atoms with Gasteiger partial charge in [-0.3, -0.25) is 29.0 Å². The largest absolute Gasteiger partial charge is 0.508 e. The number of rotatable bonds is 10. The third kappa shape index (κ3) is 6.73. The molecule has 1 aromatic heterocycles. The molecule has 0 saturated carbocycles. The number of ether oxygens (including phenoxy) is 1. The monoisotopic (exact) mass is 684 g/mol. The van der Waals surface area contributed by atoms with Gasteiger partial charge >= 0.3 is 5.97 Å². The van der Waals surface area contributed by atoms with Gasteiger partial charge in [-0.05, 0) is 66.6 Å². The quantitative estimate of drug-likeness (QED) is 0.162. The maximum atomic E-state index is 14.0. The molecular weight excluding hydrogens is 655 g/mol. The second-order valence-electron chi connectivity index (χ2n) is 11.4. The molecule has 0 bridgehead atoms. The van der Waals surface area contributed by atoms with Crippen LogP contribution in [0.3, 0.4) is 0 Å². The van der Waals surface area contributed by atoms with Crippen LogP contribution >= 0.6 is 23.2 Å². The van der Waals surface area contributed by atoms with E-state index < -0.39 is 65.3 Å². The van der Waals surface area contributed by atoms with Crippen molar-refractivity contribution in [2.45, 2.75) is 43.2 Å². The lowest BCUT2D eigenvalue weighted by Crippen LogP contribution is -2.69. The predicted octanol–water partition coefficient (Wildman–Crippen LogP) is 3.01. The van der Waals surface area contributed by atoms with E-state index in [1.54, 1.807) is 18.2 Å². The number of aromatic hydroxyl groups is 1. The SMILES string of the molecule is NC(=O)[C@@H]1C[C@@H](C(CC(=O)COC(=O)c2c(Cl)cccc2Cl)c2ccc(O)cc2)CN2C(=O)CC[C@@](N)(C(=O)c3ccco3)C(=O)N12. The summed E-state index contributed by atoms with van der Waals surface area (Å²) < 4.78 is 10.4. The van der Waals surface area contributed by atoms with Gasteiger partial charge in [-0.1, -0.05) is 41.4 Å². The predicted molar refractivity (Wildman–Crippen MR) is 166 cm³/mol. The number of fused-ring (bicyclic) bond motifs is 1. The molecule has 1 unspecified atom stereocenters. The zero-order valence-corrected chi connectivity index (χ0v) is 26.3. The highest BCUT2D eigenvalue weighted by Gasteiger charge is 2.55. The number of phenolic OH excluding ortho intramolecular Hbond substituents is 1. The molecule has 3 amide bonds. The van der Waals surface area contributed by atoms with Gasteiger partial charge in [-0.15, -0.1) is 0 Å². The van der Waals surface area contributed by atoms with Crippen molar-refractivity contribution in [3.8, 4) is 5.75 Å². The minimum atomic E-state index is -2.22. The summed E-state index contributed by atoms with van der Waals surface area (Å²) in [6.45, 7) is -0.786. The molecule has 13 nitrogen and oxygen atoms in total. The lowest BCUT2D eigenvalue weighted by molar-refractivity contribution is -0.180. The van der Waals surface area contributed by atoms with Crippen molar-refractivity contribution < 1.29 is 43.0 Å². The first-order valence-corrected chi connectivity index (χ1v) is 15.3. The average Bonchev–Trinajstić information content (AvgIpc) is 3.56. The molecule has 0 spiro atoms. The molecule has 246 valence electrons. The number of hydrogen-bond acceptors (Lipinski definition) is 10. The van der Waals surface area contributed by atoms with E-state index in [1.165, 1.54) is 42.7 Å². The number of halogens is 2. The fourth-order valence-electron chi connectivity index (χ4n) is 6.02. The topological polar surface area (TPSA) is 204 Å². The van der Waals surface area contributed by atoms with E-state index in [0.717, 1.165) is 10.0 Å². The van der Waals surface area contributed by atoms with Crippen LogP contribution in [0.15, 0.2) is 65.3 Å². The van der Waals surface area contributed by atoms with Gasteiger partial charge in [0.2, 0.25) is 17.6 Å². The van der Waals surface area contributed by atoms with Gasteiger partial charge in [0, 0.05) is 19.4 Å². The number of carbonyl (C=O) groups is 6. The lowest BCUT2D eigenvalue weighted by Gasteiger charge is -2.48. The highest BCUT2D eigenvalue weighted by atomic mass is 35.5. The van der Waals surface area contributed by atoms with Gasteiger partial charge in [-0.25, -0.2) is 9.80 Å². The number of amides is 3. The summed E-state index contributed by atoms with van der Waals surface area (Å²) >= 11 is 12.2. The minimum Gasteiger partial charge on any atom is -0.508 e. The number of nitrogens with two attached hydrogens (primary N) is 2. The molecule has 2 fully saturated rings. The number of benzene rings is 2. The Labute approximate surface area is 278 Å². The fraction of sp³-hybridized carbons (Fsp3) is 0.312. The van der Waals surface area contributed by atoms with E-state index in [4.69, 9.17) is 43.8 Å². The number of Topliss-reactive ketones (excluding diaryl/α,β-unsaturated/α-hetero) is 2. The Balaban J connectivity index is 1.42. The van der Waals surface area contributed by atoms with Crippen molar-refractivity contribution in [1.29, 1.82) is 0 Å². The van der Waals surface area contributed by atoms with E-state index in [9.17, 15) is 33.9 Å². The molecular formula is C32H30Cl2N4O9.